The molecule has 0 aliphatic carbocycles. The summed E-state index contributed by atoms with van der Waals surface area (Å²) in [5, 5.41) is 12.0. The topological polar surface area (TPSA) is 41.1 Å². The zero-order chi connectivity index (χ0) is 11.0. The van der Waals surface area contributed by atoms with Crippen LogP contribution < -0.4 is 10.2 Å². The number of hydrogen-bond donors (Lipinski definition) is 1. The van der Waals surface area contributed by atoms with E-state index in [4.69, 9.17) is 0 Å². The smallest absolute Gasteiger partial charge is 0.151 e. The van der Waals surface area contributed by atoms with Crippen LogP contribution in [0.25, 0.3) is 0 Å². The molecule has 16 heavy (non-hydrogen) atoms. The van der Waals surface area contributed by atoms with Crippen molar-refractivity contribution in [3.63, 3.8) is 0 Å². The molecule has 0 radical (unpaired) electrons. The Kier molecular flexibility index (Phi) is 2.52. The van der Waals surface area contributed by atoms with Gasteiger partial charge in [0, 0.05) is 25.2 Å². The van der Waals surface area contributed by atoms with Crippen LogP contribution in [-0.4, -0.2) is 35.4 Å². The average Bonchev–Trinajstić information content (AvgIpc) is 2.58. The highest BCUT2D eigenvalue weighted by Gasteiger charge is 2.29. The van der Waals surface area contributed by atoms with Crippen LogP contribution in [0.15, 0.2) is 12.3 Å². The van der Waals surface area contributed by atoms with Gasteiger partial charge in [-0.1, -0.05) is 0 Å². The maximum Gasteiger partial charge on any atom is 0.151 e. The summed E-state index contributed by atoms with van der Waals surface area (Å²) in [6, 6.07) is 3.51. The summed E-state index contributed by atoms with van der Waals surface area (Å²) in [5.74, 6) is 1.04. The Hall–Kier alpha value is -1.16. The van der Waals surface area contributed by atoms with Gasteiger partial charge in [-0.25, -0.2) is 0 Å². The molecule has 3 rings (SSSR count). The minimum Gasteiger partial charge on any atom is -0.354 e. The van der Waals surface area contributed by atoms with Gasteiger partial charge in [-0.15, -0.1) is 5.10 Å². The highest BCUT2D eigenvalue weighted by atomic mass is 15.3. The quantitative estimate of drug-likeness (QED) is 0.767. The van der Waals surface area contributed by atoms with Gasteiger partial charge in [-0.3, -0.25) is 0 Å². The van der Waals surface area contributed by atoms with Crippen LogP contribution in [-0.2, 0) is 0 Å². The van der Waals surface area contributed by atoms with Crippen LogP contribution in [0.5, 0.6) is 0 Å². The van der Waals surface area contributed by atoms with E-state index in [2.05, 4.69) is 33.4 Å². The summed E-state index contributed by atoms with van der Waals surface area (Å²) in [6.07, 6.45) is 5.69. The fourth-order valence-electron chi connectivity index (χ4n) is 2.75. The van der Waals surface area contributed by atoms with Crippen molar-refractivity contribution in [1.82, 2.24) is 15.5 Å². The maximum absolute atomic E-state index is 4.24. The molecule has 1 aromatic rings. The van der Waals surface area contributed by atoms with Gasteiger partial charge in [0.25, 0.3) is 0 Å². The highest BCUT2D eigenvalue weighted by Crippen LogP contribution is 2.23. The third-order valence-electron chi connectivity index (χ3n) is 3.63. The molecular formula is C12H18N4. The van der Waals surface area contributed by atoms with E-state index in [-0.39, 0.29) is 0 Å². The van der Waals surface area contributed by atoms with Gasteiger partial charge in [0.2, 0.25) is 0 Å². The summed E-state index contributed by atoms with van der Waals surface area (Å²) >= 11 is 0. The van der Waals surface area contributed by atoms with Crippen LogP contribution >= 0.6 is 0 Å². The maximum atomic E-state index is 4.24. The van der Waals surface area contributed by atoms with E-state index in [9.17, 15) is 0 Å². The lowest BCUT2D eigenvalue weighted by molar-refractivity contribution is 0.563. The minimum absolute atomic E-state index is 0.648. The van der Waals surface area contributed by atoms with Gasteiger partial charge < -0.3 is 10.2 Å². The molecule has 4 heteroatoms. The number of aromatic nitrogens is 2. The molecule has 2 aliphatic heterocycles. The number of aryl methyl sites for hydroxylation is 1. The third-order valence-corrected chi connectivity index (χ3v) is 3.63. The second-order valence-electron chi connectivity index (χ2n) is 4.96. The molecule has 1 aromatic heterocycles. The van der Waals surface area contributed by atoms with Crippen molar-refractivity contribution in [3.8, 4) is 0 Å². The zero-order valence-corrected chi connectivity index (χ0v) is 9.69. The minimum atomic E-state index is 0.648. The standard InChI is InChI=1S/C12H18N4/c1-9-6-12(15-13-7-9)16-5-4-10-2-3-11(8-16)14-10/h6-7,10-11,14H,2-5,8H2,1H3. The first-order valence-electron chi connectivity index (χ1n) is 6.11. The zero-order valence-electron chi connectivity index (χ0n) is 9.69. The van der Waals surface area contributed by atoms with Crippen molar-refractivity contribution < 1.29 is 0 Å². The molecular weight excluding hydrogens is 200 g/mol. The molecule has 2 bridgehead atoms. The highest BCUT2D eigenvalue weighted by molar-refractivity contribution is 5.39. The molecule has 2 fully saturated rings. The molecule has 2 aliphatic rings. The van der Waals surface area contributed by atoms with Crippen LogP contribution in [0.2, 0.25) is 0 Å². The van der Waals surface area contributed by atoms with Crippen molar-refractivity contribution in [2.45, 2.75) is 38.3 Å². The summed E-state index contributed by atoms with van der Waals surface area (Å²) < 4.78 is 0. The molecule has 4 nitrogen and oxygen atoms in total. The van der Waals surface area contributed by atoms with Crippen molar-refractivity contribution in [1.29, 1.82) is 0 Å². The normalized spacial score (nSPS) is 29.2. The Morgan fingerprint density at radius 3 is 3.06 bits per heavy atom. The van der Waals surface area contributed by atoms with E-state index in [0.717, 1.165) is 24.9 Å². The lowest BCUT2D eigenvalue weighted by atomic mass is 10.1. The molecule has 0 amide bonds. The molecule has 3 heterocycles. The fraction of sp³-hybridized carbons (Fsp3) is 0.667. The molecule has 2 unspecified atom stereocenters. The van der Waals surface area contributed by atoms with Gasteiger partial charge in [-0.05, 0) is 37.8 Å². The second kappa shape index (κ2) is 4.01. The van der Waals surface area contributed by atoms with E-state index in [1.54, 1.807) is 0 Å². The van der Waals surface area contributed by atoms with Crippen LogP contribution in [0.3, 0.4) is 0 Å². The number of nitrogens with zero attached hydrogens (tertiary/aromatic N) is 3. The number of rotatable bonds is 1. The Morgan fingerprint density at radius 2 is 2.19 bits per heavy atom. The van der Waals surface area contributed by atoms with Crippen molar-refractivity contribution >= 4 is 5.82 Å². The summed E-state index contributed by atoms with van der Waals surface area (Å²) in [6.45, 7) is 4.25. The van der Waals surface area contributed by atoms with E-state index in [0.29, 0.717) is 6.04 Å². The average molecular weight is 218 g/mol. The van der Waals surface area contributed by atoms with Crippen LogP contribution in [0.4, 0.5) is 5.82 Å². The summed E-state index contributed by atoms with van der Waals surface area (Å²) in [7, 11) is 0. The number of hydrogen-bond acceptors (Lipinski definition) is 4. The number of fused-ring (bicyclic) bond motifs is 2. The van der Waals surface area contributed by atoms with Gasteiger partial charge in [-0.2, -0.15) is 5.10 Å². The summed E-state index contributed by atoms with van der Waals surface area (Å²) in [4.78, 5) is 2.37. The van der Waals surface area contributed by atoms with Gasteiger partial charge >= 0.3 is 0 Å². The van der Waals surface area contributed by atoms with Crippen molar-refractivity contribution in [2.75, 3.05) is 18.0 Å². The largest absolute Gasteiger partial charge is 0.354 e. The van der Waals surface area contributed by atoms with Gasteiger partial charge in [0.15, 0.2) is 5.82 Å². The van der Waals surface area contributed by atoms with E-state index in [1.807, 2.05) is 6.20 Å². The number of anilines is 1. The Balaban J connectivity index is 1.79. The van der Waals surface area contributed by atoms with E-state index < -0.39 is 0 Å². The molecule has 86 valence electrons. The molecule has 0 aromatic carbocycles. The van der Waals surface area contributed by atoms with Crippen molar-refractivity contribution in [3.05, 3.63) is 17.8 Å². The van der Waals surface area contributed by atoms with Crippen LogP contribution in [0.1, 0.15) is 24.8 Å². The molecule has 0 saturated carbocycles. The first kappa shape index (κ1) is 10.0. The molecule has 2 saturated heterocycles. The second-order valence-corrected chi connectivity index (χ2v) is 4.96. The Labute approximate surface area is 96.1 Å². The predicted octanol–water partition coefficient (Wildman–Crippen LogP) is 1.12. The SMILES string of the molecule is Cc1cnnc(N2CCC3CCC(C2)N3)c1. The molecule has 0 spiro atoms. The van der Waals surface area contributed by atoms with Crippen molar-refractivity contribution in [2.24, 2.45) is 0 Å². The van der Waals surface area contributed by atoms with Crippen LogP contribution in [0, 0.1) is 6.92 Å². The Bertz CT molecular complexity index is 379. The number of nitrogens with one attached hydrogen (secondary N) is 1. The third kappa shape index (κ3) is 1.89. The lowest BCUT2D eigenvalue weighted by Gasteiger charge is -2.24. The first-order valence-corrected chi connectivity index (χ1v) is 6.11. The van der Waals surface area contributed by atoms with Gasteiger partial charge in [0.05, 0.1) is 6.20 Å². The fourth-order valence-corrected chi connectivity index (χ4v) is 2.75. The van der Waals surface area contributed by atoms with E-state index >= 15 is 0 Å². The van der Waals surface area contributed by atoms with Gasteiger partial charge in [0.1, 0.15) is 0 Å². The monoisotopic (exact) mass is 218 g/mol. The van der Waals surface area contributed by atoms with E-state index in [1.165, 1.54) is 24.8 Å². The molecule has 2 atom stereocenters. The first-order chi connectivity index (χ1) is 7.81. The Morgan fingerprint density at radius 1 is 1.31 bits per heavy atom. The predicted molar refractivity (Wildman–Crippen MR) is 63.5 cm³/mol. The summed E-state index contributed by atoms with van der Waals surface area (Å²) in [5.41, 5.74) is 1.19. The molecule has 1 N–H and O–H groups in total. The lowest BCUT2D eigenvalue weighted by Crippen LogP contribution is -2.35.